The van der Waals surface area contributed by atoms with Crippen LogP contribution in [0.15, 0.2) is 16.3 Å². The molecular weight excluding hydrogens is 439 g/mol. The molecule has 3 heterocycles. The summed E-state index contributed by atoms with van der Waals surface area (Å²) < 4.78 is 46.3. The third-order valence-corrected chi connectivity index (χ3v) is 9.23. The number of carbonyl (C=O) groups excluding carboxylic acids is 1. The summed E-state index contributed by atoms with van der Waals surface area (Å²) in [6.45, 7) is 13.8. The highest BCUT2D eigenvalue weighted by Gasteiger charge is 2.52. The number of amides is 1. The highest BCUT2D eigenvalue weighted by Crippen LogP contribution is 2.37. The lowest BCUT2D eigenvalue weighted by atomic mass is 9.88. The second kappa shape index (κ2) is 8.33. The topological polar surface area (TPSA) is 94.2 Å². The normalized spacial score (nSPS) is 24.2. The van der Waals surface area contributed by atoms with Crippen molar-refractivity contribution in [2.75, 3.05) is 13.1 Å². The Morgan fingerprint density at radius 1 is 1.23 bits per heavy atom. The van der Waals surface area contributed by atoms with Gasteiger partial charge in [-0.2, -0.15) is 4.31 Å². The first-order chi connectivity index (χ1) is 14.1. The quantitative estimate of drug-likeness (QED) is 0.678. The first-order valence-electron chi connectivity index (χ1n) is 10.6. The lowest BCUT2D eigenvalue weighted by molar-refractivity contribution is 0.00578. The van der Waals surface area contributed by atoms with Crippen LogP contribution in [-0.2, 0) is 24.1 Å². The van der Waals surface area contributed by atoms with Crippen molar-refractivity contribution in [2.24, 2.45) is 0 Å². The number of hydrogen-bond donors (Lipinski definition) is 1. The zero-order valence-electron chi connectivity index (χ0n) is 19.4. The molecule has 31 heavy (non-hydrogen) atoms. The smallest absolute Gasteiger partial charge is 0.444 e. The molecule has 0 aliphatic carbocycles. The predicted molar refractivity (Wildman–Crippen MR) is 121 cm³/mol. The fourth-order valence-electron chi connectivity index (χ4n) is 3.44. The Morgan fingerprint density at radius 3 is 2.42 bits per heavy atom. The van der Waals surface area contributed by atoms with Crippen LogP contribution in [0.2, 0.25) is 0 Å². The van der Waals surface area contributed by atoms with Crippen molar-refractivity contribution < 1.29 is 27.3 Å². The minimum atomic E-state index is -3.68. The van der Waals surface area contributed by atoms with Crippen molar-refractivity contribution in [1.82, 2.24) is 9.62 Å². The lowest BCUT2D eigenvalue weighted by Gasteiger charge is -2.32. The molecule has 3 rings (SSSR count). The zero-order chi connectivity index (χ0) is 23.2. The van der Waals surface area contributed by atoms with Crippen molar-refractivity contribution in [3.8, 4) is 0 Å². The van der Waals surface area contributed by atoms with Gasteiger partial charge in [0, 0.05) is 23.9 Å². The Hall–Kier alpha value is -1.14. The van der Waals surface area contributed by atoms with Crippen LogP contribution in [0.5, 0.6) is 0 Å². The van der Waals surface area contributed by atoms with E-state index >= 15 is 0 Å². The first kappa shape index (κ1) is 24.5. The highest BCUT2D eigenvalue weighted by atomic mass is 32.2. The number of hydrogen-bond acceptors (Lipinski definition) is 7. The summed E-state index contributed by atoms with van der Waals surface area (Å²) in [4.78, 5) is 12.1. The molecule has 1 aromatic heterocycles. The van der Waals surface area contributed by atoms with E-state index in [-0.39, 0.29) is 16.8 Å². The largest absolute Gasteiger partial charge is 0.505 e. The van der Waals surface area contributed by atoms with Gasteiger partial charge in [-0.05, 0) is 67.4 Å². The van der Waals surface area contributed by atoms with Crippen LogP contribution in [0.4, 0.5) is 4.79 Å². The first-order valence-corrected chi connectivity index (χ1v) is 12.8. The van der Waals surface area contributed by atoms with E-state index in [0.717, 1.165) is 16.1 Å². The molecule has 174 valence electrons. The second-order valence-corrected chi connectivity index (χ2v) is 13.4. The van der Waals surface area contributed by atoms with E-state index in [0.29, 0.717) is 19.4 Å². The van der Waals surface area contributed by atoms with Gasteiger partial charge >= 0.3 is 13.2 Å². The maximum atomic E-state index is 13.2. The van der Waals surface area contributed by atoms with E-state index < -0.39 is 40.0 Å². The Balaban J connectivity index is 1.69. The maximum Gasteiger partial charge on any atom is 0.505 e. The van der Waals surface area contributed by atoms with Crippen LogP contribution in [-0.4, -0.2) is 61.9 Å². The maximum absolute atomic E-state index is 13.2. The third-order valence-electron chi connectivity index (χ3n) is 5.79. The standard InChI is InChI=1S/C20H33BN2O6S2/c1-18(2,3)27-17(24)22-14-9-8-12-23(13-14)31(25,26)16-11-10-15(30-16)21-28-19(4,5)20(6,7)29-21/h10-11,14H,8-9,12-13H2,1-7H3,(H,22,24)/t14-/m0/s1. The average molecular weight is 472 g/mol. The van der Waals surface area contributed by atoms with E-state index in [2.05, 4.69) is 5.32 Å². The number of ether oxygens (including phenoxy) is 1. The number of piperidine rings is 1. The van der Waals surface area contributed by atoms with Crippen LogP contribution >= 0.6 is 11.3 Å². The number of nitrogens with one attached hydrogen (secondary N) is 1. The van der Waals surface area contributed by atoms with E-state index in [1.807, 2.05) is 27.7 Å². The number of nitrogens with zero attached hydrogens (tertiary/aromatic N) is 1. The molecule has 0 bridgehead atoms. The molecule has 1 aromatic rings. The van der Waals surface area contributed by atoms with Gasteiger partial charge in [0.25, 0.3) is 10.0 Å². The summed E-state index contributed by atoms with van der Waals surface area (Å²) >= 11 is 1.16. The monoisotopic (exact) mass is 472 g/mol. The molecule has 11 heteroatoms. The van der Waals surface area contributed by atoms with E-state index in [9.17, 15) is 13.2 Å². The minimum Gasteiger partial charge on any atom is -0.444 e. The molecule has 2 aliphatic rings. The molecule has 8 nitrogen and oxygen atoms in total. The molecule has 1 amide bonds. The number of alkyl carbamates (subject to hydrolysis) is 1. The summed E-state index contributed by atoms with van der Waals surface area (Å²) in [5.41, 5.74) is -1.59. The van der Waals surface area contributed by atoms with Gasteiger partial charge in [0.2, 0.25) is 0 Å². The minimum absolute atomic E-state index is 0.214. The Kier molecular flexibility index (Phi) is 6.59. The van der Waals surface area contributed by atoms with Gasteiger partial charge in [-0.25, -0.2) is 13.2 Å². The molecule has 0 unspecified atom stereocenters. The van der Waals surface area contributed by atoms with Crippen molar-refractivity contribution in [1.29, 1.82) is 0 Å². The van der Waals surface area contributed by atoms with Gasteiger partial charge in [-0.3, -0.25) is 0 Å². The van der Waals surface area contributed by atoms with E-state index in [1.165, 1.54) is 4.31 Å². The van der Waals surface area contributed by atoms with E-state index in [4.69, 9.17) is 14.0 Å². The zero-order valence-corrected chi connectivity index (χ0v) is 21.0. The predicted octanol–water partition coefficient (Wildman–Crippen LogP) is 2.73. The van der Waals surface area contributed by atoms with Crippen LogP contribution < -0.4 is 10.1 Å². The molecule has 2 saturated heterocycles. The summed E-state index contributed by atoms with van der Waals surface area (Å²) in [5, 5.41) is 2.79. The third kappa shape index (κ3) is 5.44. The summed E-state index contributed by atoms with van der Waals surface area (Å²) in [6, 6.07) is 3.06. The number of sulfonamides is 1. The molecule has 0 spiro atoms. The van der Waals surface area contributed by atoms with E-state index in [1.54, 1.807) is 32.9 Å². The van der Waals surface area contributed by atoms with Gasteiger partial charge in [0.1, 0.15) is 9.81 Å². The van der Waals surface area contributed by atoms with Crippen LogP contribution in [0.1, 0.15) is 61.3 Å². The molecule has 2 fully saturated rings. The number of rotatable bonds is 4. The Labute approximate surface area is 189 Å². The van der Waals surface area contributed by atoms with Gasteiger partial charge in [-0.15, -0.1) is 11.3 Å². The number of thiophene rings is 1. The van der Waals surface area contributed by atoms with Crippen molar-refractivity contribution in [3.63, 3.8) is 0 Å². The summed E-state index contributed by atoms with van der Waals surface area (Å²) in [6.07, 6.45) is 0.834. The fourth-order valence-corrected chi connectivity index (χ4v) is 6.40. The molecule has 0 saturated carbocycles. The van der Waals surface area contributed by atoms with Crippen LogP contribution in [0.3, 0.4) is 0 Å². The SMILES string of the molecule is CC(C)(C)OC(=O)N[C@H]1CCCN(S(=O)(=O)c2ccc(B3OC(C)(C)C(C)(C)O3)s2)C1. The van der Waals surface area contributed by atoms with Crippen molar-refractivity contribution in [2.45, 2.75) is 88.4 Å². The molecule has 1 atom stereocenters. The molecular formula is C20H33BN2O6S2. The van der Waals surface area contributed by atoms with Crippen LogP contribution in [0.25, 0.3) is 0 Å². The molecule has 1 N–H and O–H groups in total. The lowest BCUT2D eigenvalue weighted by Crippen LogP contribution is -2.50. The molecule has 0 aromatic carbocycles. The van der Waals surface area contributed by atoms with Crippen molar-refractivity contribution in [3.05, 3.63) is 12.1 Å². The summed E-state index contributed by atoms with van der Waals surface area (Å²) in [7, 11) is -4.28. The van der Waals surface area contributed by atoms with Gasteiger partial charge in [0.15, 0.2) is 0 Å². The molecule has 0 radical (unpaired) electrons. The average Bonchev–Trinajstić information content (AvgIpc) is 3.17. The summed E-state index contributed by atoms with van der Waals surface area (Å²) in [5.74, 6) is 0. The second-order valence-electron chi connectivity index (χ2n) is 10.1. The molecule has 2 aliphatic heterocycles. The van der Waals surface area contributed by atoms with Gasteiger partial charge in [0.05, 0.1) is 11.2 Å². The van der Waals surface area contributed by atoms with Crippen LogP contribution in [0, 0.1) is 0 Å². The Bertz CT molecular complexity index is 906. The van der Waals surface area contributed by atoms with Crippen molar-refractivity contribution >= 4 is 39.3 Å². The number of carbonyl (C=O) groups is 1. The van der Waals surface area contributed by atoms with Gasteiger partial charge in [-0.1, -0.05) is 6.07 Å². The highest BCUT2D eigenvalue weighted by molar-refractivity contribution is 7.91. The fraction of sp³-hybridized carbons (Fsp3) is 0.750. The Morgan fingerprint density at radius 2 is 1.84 bits per heavy atom. The van der Waals surface area contributed by atoms with Gasteiger partial charge < -0.3 is 19.4 Å².